The van der Waals surface area contributed by atoms with E-state index < -0.39 is 5.97 Å². The number of carbonyl (C=O) groups excluding carboxylic acids is 1. The Labute approximate surface area is 118 Å². The van der Waals surface area contributed by atoms with E-state index in [1.54, 1.807) is 16.7 Å². The quantitative estimate of drug-likeness (QED) is 0.582. The molecule has 0 aromatic carbocycles. The molecule has 1 aliphatic rings. The molecule has 5 heteroatoms. The van der Waals surface area contributed by atoms with Crippen molar-refractivity contribution in [3.05, 3.63) is 28.7 Å². The number of esters is 1. The summed E-state index contributed by atoms with van der Waals surface area (Å²) < 4.78 is 6.96. The number of hydrogen-bond acceptors (Lipinski definition) is 4. The lowest BCUT2D eigenvalue weighted by atomic mass is 9.97. The molecule has 0 saturated carbocycles. The summed E-state index contributed by atoms with van der Waals surface area (Å²) in [5.74, 6) is -0.0282. The Morgan fingerprint density at radius 3 is 2.55 bits per heavy atom. The zero-order chi connectivity index (χ0) is 15.1. The fraction of sp³-hybridized carbons (Fsp3) is 0.400. The van der Waals surface area contributed by atoms with Crippen LogP contribution in [0.4, 0.5) is 0 Å². The molecule has 1 aromatic heterocycles. The summed E-state index contributed by atoms with van der Waals surface area (Å²) in [5, 5.41) is 9.01. The van der Waals surface area contributed by atoms with E-state index >= 15 is 0 Å². The summed E-state index contributed by atoms with van der Waals surface area (Å²) in [7, 11) is 1.81. The predicted molar refractivity (Wildman–Crippen MR) is 75.8 cm³/mol. The maximum atomic E-state index is 11.8. The second-order valence-electron chi connectivity index (χ2n) is 5.83. The van der Waals surface area contributed by atoms with Crippen LogP contribution in [0.3, 0.4) is 0 Å². The Bertz CT molecular complexity index is 679. The standard InChI is InChI=1S/C15H17N3O2/c1-9-10(6-11(8-16)18(9)5)7-12-13(19)20-14(17-12)15(2,3)4/h6-7H,1-5H3/b12-7-. The first-order valence-electron chi connectivity index (χ1n) is 6.33. The molecule has 0 N–H and O–H groups in total. The number of aromatic nitrogens is 1. The van der Waals surface area contributed by atoms with E-state index in [0.29, 0.717) is 11.6 Å². The molecule has 0 aliphatic carbocycles. The van der Waals surface area contributed by atoms with Crippen LogP contribution in [0.25, 0.3) is 6.08 Å². The van der Waals surface area contributed by atoms with Crippen LogP contribution in [0.5, 0.6) is 0 Å². The molecule has 0 saturated heterocycles. The van der Waals surface area contributed by atoms with E-state index in [-0.39, 0.29) is 11.1 Å². The first-order chi connectivity index (χ1) is 9.24. The molecule has 1 aliphatic heterocycles. The van der Waals surface area contributed by atoms with E-state index in [1.165, 1.54) is 0 Å². The van der Waals surface area contributed by atoms with Gasteiger partial charge in [0.15, 0.2) is 5.70 Å². The van der Waals surface area contributed by atoms with Crippen LogP contribution in [0, 0.1) is 23.7 Å². The van der Waals surface area contributed by atoms with Crippen LogP contribution in [0.1, 0.15) is 37.7 Å². The van der Waals surface area contributed by atoms with Gasteiger partial charge in [0.2, 0.25) is 5.90 Å². The molecule has 0 unspecified atom stereocenters. The van der Waals surface area contributed by atoms with Gasteiger partial charge in [0, 0.05) is 18.2 Å². The van der Waals surface area contributed by atoms with Gasteiger partial charge >= 0.3 is 5.97 Å². The van der Waals surface area contributed by atoms with E-state index in [9.17, 15) is 4.79 Å². The van der Waals surface area contributed by atoms with Gasteiger partial charge < -0.3 is 9.30 Å². The maximum absolute atomic E-state index is 11.8. The Morgan fingerprint density at radius 2 is 2.10 bits per heavy atom. The summed E-state index contributed by atoms with van der Waals surface area (Å²) in [6.45, 7) is 7.69. The molecule has 0 radical (unpaired) electrons. The highest BCUT2D eigenvalue weighted by atomic mass is 16.6. The number of aliphatic imine (C=N–C) groups is 1. The van der Waals surface area contributed by atoms with Crippen LogP contribution in [-0.2, 0) is 16.6 Å². The van der Waals surface area contributed by atoms with Gasteiger partial charge in [-0.1, -0.05) is 20.8 Å². The number of cyclic esters (lactones) is 1. The summed E-state index contributed by atoms with van der Waals surface area (Å²) in [4.78, 5) is 16.1. The monoisotopic (exact) mass is 271 g/mol. The molecule has 20 heavy (non-hydrogen) atoms. The van der Waals surface area contributed by atoms with Crippen molar-refractivity contribution in [2.24, 2.45) is 17.5 Å². The van der Waals surface area contributed by atoms with Gasteiger partial charge in [0.05, 0.1) is 0 Å². The maximum Gasteiger partial charge on any atom is 0.363 e. The average molecular weight is 271 g/mol. The molecule has 2 heterocycles. The lowest BCUT2D eigenvalue weighted by Crippen LogP contribution is -2.21. The third kappa shape index (κ3) is 2.37. The summed E-state index contributed by atoms with van der Waals surface area (Å²) in [5.41, 5.74) is 2.21. The van der Waals surface area contributed by atoms with Gasteiger partial charge in [-0.25, -0.2) is 9.79 Å². The predicted octanol–water partition coefficient (Wildman–Crippen LogP) is 2.55. The van der Waals surface area contributed by atoms with E-state index in [4.69, 9.17) is 10.00 Å². The SMILES string of the molecule is Cc1c(/C=C2\N=C(C(C)(C)C)OC2=O)cc(C#N)n1C. The number of nitriles is 1. The second kappa shape index (κ2) is 4.64. The molecule has 1 aromatic rings. The van der Waals surface area contributed by atoms with E-state index in [2.05, 4.69) is 11.1 Å². The molecular weight excluding hydrogens is 254 g/mol. The topological polar surface area (TPSA) is 67.4 Å². The number of hydrogen-bond donors (Lipinski definition) is 0. The molecule has 0 atom stereocenters. The van der Waals surface area contributed by atoms with Crippen LogP contribution < -0.4 is 0 Å². The second-order valence-corrected chi connectivity index (χ2v) is 5.83. The normalized spacial score (nSPS) is 17.1. The fourth-order valence-electron chi connectivity index (χ4n) is 1.85. The molecule has 0 amide bonds. The smallest absolute Gasteiger partial charge is 0.363 e. The Hall–Kier alpha value is -2.35. The van der Waals surface area contributed by atoms with Crippen molar-refractivity contribution < 1.29 is 9.53 Å². The Morgan fingerprint density at radius 1 is 1.45 bits per heavy atom. The molecule has 104 valence electrons. The van der Waals surface area contributed by atoms with Gasteiger partial charge in [-0.3, -0.25) is 0 Å². The van der Waals surface area contributed by atoms with Gasteiger partial charge in [0.1, 0.15) is 11.8 Å². The minimum atomic E-state index is -0.448. The number of rotatable bonds is 1. The van der Waals surface area contributed by atoms with Crippen molar-refractivity contribution in [3.8, 4) is 6.07 Å². The average Bonchev–Trinajstić information content (AvgIpc) is 2.85. The summed E-state index contributed by atoms with van der Waals surface area (Å²) >= 11 is 0. The Balaban J connectivity index is 2.45. The zero-order valence-electron chi connectivity index (χ0n) is 12.3. The first-order valence-corrected chi connectivity index (χ1v) is 6.33. The van der Waals surface area contributed by atoms with Crippen LogP contribution in [-0.4, -0.2) is 16.4 Å². The largest absolute Gasteiger partial charge is 0.406 e. The number of carbonyl (C=O) groups is 1. The molecule has 5 nitrogen and oxygen atoms in total. The highest BCUT2D eigenvalue weighted by Crippen LogP contribution is 2.26. The van der Waals surface area contributed by atoms with Crippen molar-refractivity contribution in [2.45, 2.75) is 27.7 Å². The van der Waals surface area contributed by atoms with Crippen LogP contribution >= 0.6 is 0 Å². The van der Waals surface area contributed by atoms with Gasteiger partial charge in [-0.2, -0.15) is 5.26 Å². The zero-order valence-corrected chi connectivity index (χ0v) is 12.3. The Kier molecular flexibility index (Phi) is 3.26. The van der Waals surface area contributed by atoms with Gasteiger partial charge in [-0.15, -0.1) is 0 Å². The lowest BCUT2D eigenvalue weighted by molar-refractivity contribution is -0.130. The minimum Gasteiger partial charge on any atom is -0.406 e. The molecule has 0 fully saturated rings. The summed E-state index contributed by atoms with van der Waals surface area (Å²) in [6, 6.07) is 3.84. The van der Waals surface area contributed by atoms with Crippen LogP contribution in [0.2, 0.25) is 0 Å². The fourth-order valence-corrected chi connectivity index (χ4v) is 1.85. The molecule has 2 rings (SSSR count). The third-order valence-corrected chi connectivity index (χ3v) is 3.24. The van der Waals surface area contributed by atoms with Gasteiger partial charge in [-0.05, 0) is 24.6 Å². The lowest BCUT2D eigenvalue weighted by Gasteiger charge is -2.15. The minimum absolute atomic E-state index is 0.271. The number of ether oxygens (including phenoxy) is 1. The van der Waals surface area contributed by atoms with Crippen molar-refractivity contribution in [3.63, 3.8) is 0 Å². The van der Waals surface area contributed by atoms with Crippen molar-refractivity contribution >= 4 is 17.9 Å². The van der Waals surface area contributed by atoms with Crippen molar-refractivity contribution in [1.29, 1.82) is 5.26 Å². The molecule has 0 spiro atoms. The number of nitrogens with zero attached hydrogens (tertiary/aromatic N) is 3. The van der Waals surface area contributed by atoms with Crippen molar-refractivity contribution in [1.82, 2.24) is 4.57 Å². The first kappa shape index (κ1) is 14.1. The van der Waals surface area contributed by atoms with Crippen molar-refractivity contribution in [2.75, 3.05) is 0 Å². The molecule has 0 bridgehead atoms. The van der Waals surface area contributed by atoms with Gasteiger partial charge in [0.25, 0.3) is 0 Å². The van der Waals surface area contributed by atoms with E-state index in [1.807, 2.05) is 34.7 Å². The van der Waals surface area contributed by atoms with E-state index in [0.717, 1.165) is 11.3 Å². The molecular formula is C15H17N3O2. The third-order valence-electron chi connectivity index (χ3n) is 3.24. The highest BCUT2D eigenvalue weighted by molar-refractivity contribution is 6.08. The summed E-state index contributed by atoms with van der Waals surface area (Å²) in [6.07, 6.45) is 1.66. The van der Waals surface area contributed by atoms with Crippen LogP contribution in [0.15, 0.2) is 16.8 Å². The highest BCUT2D eigenvalue weighted by Gasteiger charge is 2.31.